The largest absolute Gasteiger partial charge is 0.489 e. The first kappa shape index (κ1) is 28.3. The number of fused-ring (bicyclic) bond motifs is 3. The highest BCUT2D eigenvalue weighted by atomic mass is 16.5. The van der Waals surface area contributed by atoms with Crippen molar-refractivity contribution in [3.63, 3.8) is 0 Å². The Morgan fingerprint density at radius 1 is 1.22 bits per heavy atom. The van der Waals surface area contributed by atoms with Gasteiger partial charge in [-0.1, -0.05) is 12.1 Å². The molecular formula is C30H38N8O3. The van der Waals surface area contributed by atoms with E-state index < -0.39 is 5.60 Å². The summed E-state index contributed by atoms with van der Waals surface area (Å²) < 4.78 is 6.18. The molecule has 1 atom stereocenters. The van der Waals surface area contributed by atoms with Crippen molar-refractivity contribution in [1.82, 2.24) is 25.2 Å². The lowest BCUT2D eigenvalue weighted by Gasteiger charge is -2.46. The minimum atomic E-state index is -1.13. The van der Waals surface area contributed by atoms with Crippen LogP contribution in [0.1, 0.15) is 43.7 Å². The minimum absolute atomic E-state index is 0.244. The maximum absolute atomic E-state index is 12.9. The van der Waals surface area contributed by atoms with E-state index >= 15 is 0 Å². The molecule has 5 rings (SSSR count). The summed E-state index contributed by atoms with van der Waals surface area (Å²) in [5.74, 6) is 1.46. The molecule has 3 aromatic rings. The standard InChI is InChI=1S/C30H38N8O3/c1-6-12-31-28(39)22-16-32-29(36-27(22)35-26-9-7-8-25(34-26)30(4,5)40)33-20-10-11-23-24(15-20)41-18-21-17-37(19(2)3)13-14-38(21)23/h6-11,15-16,19,21,40H,1,12-14,17-18H2,2-5H3,(H,31,39)(H2,32,33,34,35,36). The molecule has 2 aliphatic heterocycles. The third kappa shape index (κ3) is 6.41. The number of aliphatic hydroxyl groups is 1. The van der Waals surface area contributed by atoms with Crippen LogP contribution in [0.3, 0.4) is 0 Å². The smallest absolute Gasteiger partial charge is 0.256 e. The molecule has 2 aromatic heterocycles. The second kappa shape index (κ2) is 11.7. The number of piperazine rings is 1. The van der Waals surface area contributed by atoms with Gasteiger partial charge in [-0.2, -0.15) is 4.98 Å². The number of carbonyl (C=O) groups is 1. The molecule has 0 saturated carbocycles. The third-order valence-corrected chi connectivity index (χ3v) is 7.26. The summed E-state index contributed by atoms with van der Waals surface area (Å²) in [6.45, 7) is 15.3. The van der Waals surface area contributed by atoms with Crippen LogP contribution in [0.2, 0.25) is 0 Å². The predicted octanol–water partition coefficient (Wildman–Crippen LogP) is 3.79. The van der Waals surface area contributed by atoms with E-state index in [0.717, 1.165) is 36.8 Å². The molecule has 1 saturated heterocycles. The van der Waals surface area contributed by atoms with Gasteiger partial charge >= 0.3 is 0 Å². The number of nitrogens with one attached hydrogen (secondary N) is 3. The number of carbonyl (C=O) groups excluding carboxylic acids is 1. The zero-order chi connectivity index (χ0) is 29.1. The monoisotopic (exact) mass is 558 g/mol. The molecule has 0 aliphatic carbocycles. The number of pyridine rings is 1. The average molecular weight is 559 g/mol. The van der Waals surface area contributed by atoms with Crippen molar-refractivity contribution in [3.05, 3.63) is 66.5 Å². The van der Waals surface area contributed by atoms with Gasteiger partial charge in [-0.05, 0) is 52.0 Å². The number of ether oxygens (including phenoxy) is 1. The maximum atomic E-state index is 12.9. The number of aromatic nitrogens is 3. The number of hydrogen-bond acceptors (Lipinski definition) is 10. The van der Waals surface area contributed by atoms with Crippen molar-refractivity contribution in [1.29, 1.82) is 0 Å². The lowest BCUT2D eigenvalue weighted by Crippen LogP contribution is -2.58. The van der Waals surface area contributed by atoms with Crippen molar-refractivity contribution in [2.24, 2.45) is 0 Å². The summed E-state index contributed by atoms with van der Waals surface area (Å²) >= 11 is 0. The molecule has 0 bridgehead atoms. The normalized spacial score (nSPS) is 16.8. The Hall–Kier alpha value is -4.22. The van der Waals surface area contributed by atoms with Crippen LogP contribution in [0.25, 0.3) is 0 Å². The Balaban J connectivity index is 1.38. The van der Waals surface area contributed by atoms with Gasteiger partial charge in [-0.15, -0.1) is 6.58 Å². The lowest BCUT2D eigenvalue weighted by molar-refractivity contribution is 0.0740. The highest BCUT2D eigenvalue weighted by Crippen LogP contribution is 2.38. The number of nitrogens with zero attached hydrogens (tertiary/aromatic N) is 5. The maximum Gasteiger partial charge on any atom is 0.256 e. The first-order valence-corrected chi connectivity index (χ1v) is 13.9. The van der Waals surface area contributed by atoms with E-state index in [1.165, 1.54) is 6.20 Å². The van der Waals surface area contributed by atoms with Gasteiger partial charge < -0.3 is 30.7 Å². The van der Waals surface area contributed by atoms with Crippen molar-refractivity contribution in [2.75, 3.05) is 48.3 Å². The highest BCUT2D eigenvalue weighted by molar-refractivity contribution is 5.99. The molecule has 4 heterocycles. The fourth-order valence-electron chi connectivity index (χ4n) is 5.00. The molecule has 41 heavy (non-hydrogen) atoms. The molecule has 1 aromatic carbocycles. The van der Waals surface area contributed by atoms with Crippen LogP contribution in [-0.4, -0.2) is 75.7 Å². The van der Waals surface area contributed by atoms with Crippen molar-refractivity contribution < 1.29 is 14.6 Å². The van der Waals surface area contributed by atoms with Crippen LogP contribution >= 0.6 is 0 Å². The molecule has 4 N–H and O–H groups in total. The summed E-state index contributed by atoms with van der Waals surface area (Å²) in [5.41, 5.74) is 1.45. The molecule has 2 aliphatic rings. The van der Waals surface area contributed by atoms with Gasteiger partial charge in [-0.25, -0.2) is 9.97 Å². The Morgan fingerprint density at radius 3 is 2.80 bits per heavy atom. The first-order valence-electron chi connectivity index (χ1n) is 13.9. The van der Waals surface area contributed by atoms with Gasteiger partial charge in [-0.3, -0.25) is 9.69 Å². The zero-order valence-electron chi connectivity index (χ0n) is 24.0. The summed E-state index contributed by atoms with van der Waals surface area (Å²) in [6.07, 6.45) is 3.06. The molecule has 0 spiro atoms. The predicted molar refractivity (Wildman–Crippen MR) is 160 cm³/mol. The molecule has 1 unspecified atom stereocenters. The Bertz CT molecular complexity index is 1420. The summed E-state index contributed by atoms with van der Waals surface area (Å²) in [6, 6.07) is 12.1. The van der Waals surface area contributed by atoms with Crippen molar-refractivity contribution in [2.45, 2.75) is 45.4 Å². The SMILES string of the molecule is C=CCNC(=O)c1cnc(Nc2ccc3c(c2)OCC2CN(C(C)C)CCN32)nc1Nc1cccc(C(C)(C)O)n1. The van der Waals surface area contributed by atoms with Gasteiger partial charge in [0.05, 0.1) is 17.4 Å². The number of amides is 1. The number of hydrogen-bond donors (Lipinski definition) is 4. The molecular weight excluding hydrogens is 520 g/mol. The second-order valence-electron chi connectivity index (χ2n) is 11.1. The van der Waals surface area contributed by atoms with Gasteiger partial charge in [0.25, 0.3) is 5.91 Å². The quantitative estimate of drug-likeness (QED) is 0.288. The molecule has 0 radical (unpaired) electrons. The number of benzene rings is 1. The van der Waals surface area contributed by atoms with Crippen LogP contribution < -0.4 is 25.6 Å². The third-order valence-electron chi connectivity index (χ3n) is 7.26. The van der Waals surface area contributed by atoms with Crippen LogP contribution in [0.15, 0.2) is 55.3 Å². The van der Waals surface area contributed by atoms with E-state index in [2.05, 4.69) is 67.2 Å². The highest BCUT2D eigenvalue weighted by Gasteiger charge is 2.33. The molecule has 1 amide bonds. The van der Waals surface area contributed by atoms with E-state index in [0.29, 0.717) is 42.7 Å². The van der Waals surface area contributed by atoms with Gasteiger partial charge in [0.15, 0.2) is 0 Å². The Labute approximate surface area is 240 Å². The van der Waals surface area contributed by atoms with Gasteiger partial charge in [0.1, 0.15) is 35.2 Å². The second-order valence-corrected chi connectivity index (χ2v) is 11.1. The van der Waals surface area contributed by atoms with Gasteiger partial charge in [0.2, 0.25) is 5.95 Å². The van der Waals surface area contributed by atoms with E-state index in [1.807, 2.05) is 12.1 Å². The van der Waals surface area contributed by atoms with E-state index in [4.69, 9.17) is 4.74 Å². The number of rotatable bonds is 9. The van der Waals surface area contributed by atoms with Crippen LogP contribution in [0.4, 0.5) is 29.0 Å². The Morgan fingerprint density at radius 2 is 2.05 bits per heavy atom. The fourth-order valence-corrected chi connectivity index (χ4v) is 5.00. The van der Waals surface area contributed by atoms with Crippen LogP contribution in [-0.2, 0) is 5.60 Å². The van der Waals surface area contributed by atoms with E-state index in [9.17, 15) is 9.90 Å². The molecule has 11 heteroatoms. The molecule has 1 fully saturated rings. The number of anilines is 5. The van der Waals surface area contributed by atoms with Crippen molar-refractivity contribution >= 4 is 34.9 Å². The van der Waals surface area contributed by atoms with E-state index in [1.54, 1.807) is 38.1 Å². The fraction of sp³-hybridized carbons (Fsp3) is 0.400. The molecule has 11 nitrogen and oxygen atoms in total. The average Bonchev–Trinajstić information content (AvgIpc) is 2.95. The Kier molecular flexibility index (Phi) is 8.09. The molecule has 216 valence electrons. The topological polar surface area (TPSA) is 128 Å². The van der Waals surface area contributed by atoms with Crippen LogP contribution in [0.5, 0.6) is 5.75 Å². The zero-order valence-corrected chi connectivity index (χ0v) is 24.0. The summed E-state index contributed by atoms with van der Waals surface area (Å²) in [7, 11) is 0. The van der Waals surface area contributed by atoms with E-state index in [-0.39, 0.29) is 17.3 Å². The summed E-state index contributed by atoms with van der Waals surface area (Å²) in [5, 5.41) is 19.5. The minimum Gasteiger partial charge on any atom is -0.489 e. The van der Waals surface area contributed by atoms with Crippen molar-refractivity contribution in [3.8, 4) is 5.75 Å². The van der Waals surface area contributed by atoms with Gasteiger partial charge in [0, 0.05) is 50.2 Å². The lowest BCUT2D eigenvalue weighted by atomic mass is 10.1. The first-order chi connectivity index (χ1) is 19.6. The van der Waals surface area contributed by atoms with Crippen LogP contribution in [0, 0.1) is 0 Å². The summed E-state index contributed by atoms with van der Waals surface area (Å²) in [4.78, 5) is 31.3.